The van der Waals surface area contributed by atoms with Crippen LogP contribution in [0.25, 0.3) is 0 Å². The standard InChI is InChI=1S/C17H18N2O3S/c1-11-6-7-12(2)14(9-11)19-15(20)10-22-17(21)13-5-4-8-18-16(13)23-3/h4-9H,10H2,1-3H3,(H,19,20). The van der Waals surface area contributed by atoms with Crippen molar-refractivity contribution in [1.29, 1.82) is 0 Å². The second kappa shape index (κ2) is 7.78. The first-order valence-corrected chi connectivity index (χ1v) is 8.27. The summed E-state index contributed by atoms with van der Waals surface area (Å²) in [6, 6.07) is 9.06. The summed E-state index contributed by atoms with van der Waals surface area (Å²) in [6.45, 7) is 3.51. The highest BCUT2D eigenvalue weighted by atomic mass is 32.2. The number of esters is 1. The number of rotatable bonds is 5. The van der Waals surface area contributed by atoms with E-state index in [9.17, 15) is 9.59 Å². The van der Waals surface area contributed by atoms with Crippen molar-refractivity contribution < 1.29 is 14.3 Å². The van der Waals surface area contributed by atoms with Gasteiger partial charge in [0.1, 0.15) is 5.03 Å². The SMILES string of the molecule is CSc1ncccc1C(=O)OCC(=O)Nc1cc(C)ccc1C. The Labute approximate surface area is 139 Å². The number of carbonyl (C=O) groups is 2. The van der Waals surface area contributed by atoms with Gasteiger partial charge in [-0.3, -0.25) is 4.79 Å². The van der Waals surface area contributed by atoms with Crippen LogP contribution in [0.3, 0.4) is 0 Å². The van der Waals surface area contributed by atoms with Gasteiger partial charge in [-0.1, -0.05) is 12.1 Å². The lowest BCUT2D eigenvalue weighted by Gasteiger charge is -2.10. The van der Waals surface area contributed by atoms with E-state index in [1.165, 1.54) is 11.8 Å². The van der Waals surface area contributed by atoms with Gasteiger partial charge in [-0.25, -0.2) is 9.78 Å². The van der Waals surface area contributed by atoms with Crippen LogP contribution >= 0.6 is 11.8 Å². The summed E-state index contributed by atoms with van der Waals surface area (Å²) < 4.78 is 5.07. The number of nitrogens with zero attached hydrogens (tertiary/aromatic N) is 1. The maximum Gasteiger partial charge on any atom is 0.341 e. The van der Waals surface area contributed by atoms with Crippen molar-refractivity contribution in [3.05, 3.63) is 53.2 Å². The minimum atomic E-state index is -0.557. The molecule has 0 bridgehead atoms. The zero-order valence-electron chi connectivity index (χ0n) is 13.3. The van der Waals surface area contributed by atoms with Crippen molar-refractivity contribution in [3.63, 3.8) is 0 Å². The fourth-order valence-electron chi connectivity index (χ4n) is 1.97. The second-order valence-corrected chi connectivity index (χ2v) is 5.80. The number of thioether (sulfide) groups is 1. The molecule has 23 heavy (non-hydrogen) atoms. The summed E-state index contributed by atoms with van der Waals surface area (Å²) >= 11 is 1.35. The number of aromatic nitrogens is 1. The molecule has 0 atom stereocenters. The normalized spacial score (nSPS) is 10.2. The van der Waals surface area contributed by atoms with E-state index in [2.05, 4.69) is 10.3 Å². The molecule has 0 fully saturated rings. The first kappa shape index (κ1) is 17.0. The first-order valence-electron chi connectivity index (χ1n) is 7.04. The number of hydrogen-bond acceptors (Lipinski definition) is 5. The zero-order valence-corrected chi connectivity index (χ0v) is 14.1. The Hall–Kier alpha value is -2.34. The van der Waals surface area contributed by atoms with Crippen LogP contribution in [0.15, 0.2) is 41.6 Å². The van der Waals surface area contributed by atoms with Crippen molar-refractivity contribution in [3.8, 4) is 0 Å². The third kappa shape index (κ3) is 4.56. The first-order chi connectivity index (χ1) is 11.0. The second-order valence-electron chi connectivity index (χ2n) is 5.00. The molecule has 2 aromatic rings. The summed E-state index contributed by atoms with van der Waals surface area (Å²) in [7, 11) is 0. The molecular weight excluding hydrogens is 312 g/mol. The molecule has 6 heteroatoms. The van der Waals surface area contributed by atoms with Crippen LogP contribution in [-0.4, -0.2) is 29.7 Å². The van der Waals surface area contributed by atoms with Gasteiger partial charge in [0, 0.05) is 11.9 Å². The van der Waals surface area contributed by atoms with Crippen LogP contribution in [0.1, 0.15) is 21.5 Å². The van der Waals surface area contributed by atoms with Gasteiger partial charge in [0.25, 0.3) is 5.91 Å². The quantitative estimate of drug-likeness (QED) is 0.673. The molecule has 1 N–H and O–H groups in total. The number of anilines is 1. The number of ether oxygens (including phenoxy) is 1. The molecule has 1 heterocycles. The smallest absolute Gasteiger partial charge is 0.341 e. The lowest BCUT2D eigenvalue weighted by atomic mass is 10.1. The molecule has 0 unspecified atom stereocenters. The highest BCUT2D eigenvalue weighted by Gasteiger charge is 2.15. The summed E-state index contributed by atoms with van der Waals surface area (Å²) in [6.07, 6.45) is 3.43. The van der Waals surface area contributed by atoms with Crippen LogP contribution in [-0.2, 0) is 9.53 Å². The summed E-state index contributed by atoms with van der Waals surface area (Å²) in [5.41, 5.74) is 3.08. The molecule has 0 saturated heterocycles. The van der Waals surface area contributed by atoms with Crippen LogP contribution < -0.4 is 5.32 Å². The molecule has 0 radical (unpaired) electrons. The topological polar surface area (TPSA) is 68.3 Å². The molecule has 0 spiro atoms. The van der Waals surface area contributed by atoms with Crippen molar-refractivity contribution in [1.82, 2.24) is 4.98 Å². The van der Waals surface area contributed by atoms with Gasteiger partial charge >= 0.3 is 5.97 Å². The molecule has 1 aromatic carbocycles. The van der Waals surface area contributed by atoms with E-state index in [-0.39, 0.29) is 12.5 Å². The van der Waals surface area contributed by atoms with Crippen molar-refractivity contribution in [2.75, 3.05) is 18.2 Å². The minimum Gasteiger partial charge on any atom is -0.452 e. The van der Waals surface area contributed by atoms with E-state index < -0.39 is 5.97 Å². The maximum atomic E-state index is 12.0. The fourth-order valence-corrected chi connectivity index (χ4v) is 2.51. The van der Waals surface area contributed by atoms with Crippen LogP contribution in [0.4, 0.5) is 5.69 Å². The number of pyridine rings is 1. The highest BCUT2D eigenvalue weighted by Crippen LogP contribution is 2.18. The van der Waals surface area contributed by atoms with Gasteiger partial charge in [-0.15, -0.1) is 11.8 Å². The molecule has 0 aliphatic rings. The van der Waals surface area contributed by atoms with E-state index in [0.717, 1.165) is 16.8 Å². The number of nitrogens with one attached hydrogen (secondary N) is 1. The Balaban J connectivity index is 1.96. The number of benzene rings is 1. The van der Waals surface area contributed by atoms with Gasteiger partial charge in [-0.05, 0) is 49.4 Å². The molecule has 0 aliphatic heterocycles. The van der Waals surface area contributed by atoms with Gasteiger partial charge in [0.05, 0.1) is 5.56 Å². The van der Waals surface area contributed by atoms with E-state index >= 15 is 0 Å². The Bertz CT molecular complexity index is 732. The highest BCUT2D eigenvalue weighted by molar-refractivity contribution is 7.98. The third-order valence-electron chi connectivity index (χ3n) is 3.19. The Kier molecular flexibility index (Phi) is 5.76. The van der Waals surface area contributed by atoms with Gasteiger partial charge in [0.2, 0.25) is 0 Å². The summed E-state index contributed by atoms with van der Waals surface area (Å²) in [5, 5.41) is 3.33. The monoisotopic (exact) mass is 330 g/mol. The molecule has 1 amide bonds. The molecule has 5 nitrogen and oxygen atoms in total. The summed E-state index contributed by atoms with van der Waals surface area (Å²) in [5.74, 6) is -0.930. The Morgan fingerprint density at radius 2 is 2.04 bits per heavy atom. The van der Waals surface area contributed by atoms with E-state index in [1.807, 2.05) is 38.3 Å². The van der Waals surface area contributed by atoms with Crippen LogP contribution in [0, 0.1) is 13.8 Å². The predicted octanol–water partition coefficient (Wildman–Crippen LogP) is 3.22. The van der Waals surface area contributed by atoms with E-state index in [0.29, 0.717) is 10.6 Å². The average molecular weight is 330 g/mol. The molecule has 0 aliphatic carbocycles. The van der Waals surface area contributed by atoms with Gasteiger partial charge in [0.15, 0.2) is 6.61 Å². The number of amides is 1. The molecule has 2 rings (SSSR count). The number of hydrogen-bond donors (Lipinski definition) is 1. The average Bonchev–Trinajstić information content (AvgIpc) is 2.56. The zero-order chi connectivity index (χ0) is 16.8. The predicted molar refractivity (Wildman–Crippen MR) is 90.8 cm³/mol. The lowest BCUT2D eigenvalue weighted by Crippen LogP contribution is -2.21. The Morgan fingerprint density at radius 1 is 1.26 bits per heavy atom. The molecule has 120 valence electrons. The van der Waals surface area contributed by atoms with Crippen molar-refractivity contribution >= 4 is 29.3 Å². The van der Waals surface area contributed by atoms with Crippen molar-refractivity contribution in [2.45, 2.75) is 18.9 Å². The Morgan fingerprint density at radius 3 is 2.78 bits per heavy atom. The van der Waals surface area contributed by atoms with Crippen molar-refractivity contribution in [2.24, 2.45) is 0 Å². The van der Waals surface area contributed by atoms with E-state index in [4.69, 9.17) is 4.74 Å². The molecule has 1 aromatic heterocycles. The largest absolute Gasteiger partial charge is 0.452 e. The van der Waals surface area contributed by atoms with Gasteiger partial charge in [-0.2, -0.15) is 0 Å². The maximum absolute atomic E-state index is 12.0. The van der Waals surface area contributed by atoms with Crippen LogP contribution in [0.5, 0.6) is 0 Å². The minimum absolute atomic E-state index is 0.338. The van der Waals surface area contributed by atoms with Gasteiger partial charge < -0.3 is 10.1 Å². The number of aryl methyl sites for hydroxylation is 2. The lowest BCUT2D eigenvalue weighted by molar-refractivity contribution is -0.119. The third-order valence-corrected chi connectivity index (χ3v) is 3.90. The number of carbonyl (C=O) groups excluding carboxylic acids is 2. The summed E-state index contributed by atoms with van der Waals surface area (Å²) in [4.78, 5) is 28.1. The van der Waals surface area contributed by atoms with E-state index in [1.54, 1.807) is 18.3 Å². The fraction of sp³-hybridized carbons (Fsp3) is 0.235. The van der Waals surface area contributed by atoms with Crippen LogP contribution in [0.2, 0.25) is 0 Å². The molecular formula is C17H18N2O3S. The molecule has 0 saturated carbocycles.